The molecule has 0 saturated heterocycles. The van der Waals surface area contributed by atoms with Gasteiger partial charge in [0.05, 0.1) is 16.6 Å². The predicted molar refractivity (Wildman–Crippen MR) is 72.1 cm³/mol. The lowest BCUT2D eigenvalue weighted by Gasteiger charge is -2.27. The summed E-state index contributed by atoms with van der Waals surface area (Å²) < 4.78 is 0. The van der Waals surface area contributed by atoms with Gasteiger partial charge in [-0.2, -0.15) is 5.26 Å². The molecule has 7 nitrogen and oxygen atoms in total. The molecule has 20 heavy (non-hydrogen) atoms. The van der Waals surface area contributed by atoms with Crippen molar-refractivity contribution in [1.29, 1.82) is 5.26 Å². The lowest BCUT2D eigenvalue weighted by molar-refractivity contribution is -0.384. The van der Waals surface area contributed by atoms with Gasteiger partial charge in [-0.15, -0.1) is 0 Å². The summed E-state index contributed by atoms with van der Waals surface area (Å²) in [5.74, 6) is 0.229. The van der Waals surface area contributed by atoms with Gasteiger partial charge in [0, 0.05) is 24.7 Å². The zero-order valence-electron chi connectivity index (χ0n) is 11.0. The summed E-state index contributed by atoms with van der Waals surface area (Å²) in [5.41, 5.74) is -0.0608. The van der Waals surface area contributed by atoms with Gasteiger partial charge in [0.2, 0.25) is 5.82 Å². The number of nitrogens with zero attached hydrogens (tertiary/aromatic N) is 3. The van der Waals surface area contributed by atoms with Crippen LogP contribution in [0.15, 0.2) is 12.3 Å². The topological polar surface area (TPSA) is 112 Å². The first-order valence-corrected chi connectivity index (χ1v) is 6.58. The molecule has 0 amide bonds. The molecule has 0 spiro atoms. The van der Waals surface area contributed by atoms with Gasteiger partial charge in [-0.05, 0) is 12.8 Å². The van der Waals surface area contributed by atoms with Crippen molar-refractivity contribution in [1.82, 2.24) is 4.98 Å². The maximum atomic E-state index is 11.0. The molecule has 7 heteroatoms. The third-order valence-electron chi connectivity index (χ3n) is 3.59. The van der Waals surface area contributed by atoms with E-state index in [-0.39, 0.29) is 29.1 Å². The van der Waals surface area contributed by atoms with Crippen molar-refractivity contribution in [3.8, 4) is 6.07 Å². The summed E-state index contributed by atoms with van der Waals surface area (Å²) in [4.78, 5) is 14.3. The normalized spacial score (nSPS) is 22.0. The summed E-state index contributed by atoms with van der Waals surface area (Å²) in [5, 5.41) is 32.5. The second-order valence-electron chi connectivity index (χ2n) is 4.95. The number of anilines is 1. The van der Waals surface area contributed by atoms with Crippen LogP contribution in [0.5, 0.6) is 0 Å². The molecule has 1 heterocycles. The summed E-state index contributed by atoms with van der Waals surface area (Å²) in [6.07, 6.45) is 4.69. The zero-order valence-corrected chi connectivity index (χ0v) is 11.0. The third-order valence-corrected chi connectivity index (χ3v) is 3.59. The standard InChI is InChI=1S/C13H16N4O3/c14-6-9-5-11(17(19)20)13(15-7-9)16-8-10-3-1-2-4-12(10)18/h5,7,10,12,18H,1-4,8H2,(H,15,16). The number of aliphatic hydroxyl groups excluding tert-OH is 1. The molecule has 2 rings (SSSR count). The van der Waals surface area contributed by atoms with E-state index in [0.717, 1.165) is 25.7 Å². The quantitative estimate of drug-likeness (QED) is 0.640. The fourth-order valence-electron chi connectivity index (χ4n) is 2.44. The van der Waals surface area contributed by atoms with E-state index >= 15 is 0 Å². The monoisotopic (exact) mass is 276 g/mol. The number of nitriles is 1. The minimum absolute atomic E-state index is 0.0841. The Morgan fingerprint density at radius 2 is 2.30 bits per heavy atom. The van der Waals surface area contributed by atoms with E-state index in [1.54, 1.807) is 0 Å². The van der Waals surface area contributed by atoms with Crippen LogP contribution in [0.2, 0.25) is 0 Å². The molecule has 2 N–H and O–H groups in total. The fraction of sp³-hybridized carbons (Fsp3) is 0.538. The Bertz CT molecular complexity index is 541. The number of aromatic nitrogens is 1. The average molecular weight is 276 g/mol. The van der Waals surface area contributed by atoms with Crippen LogP contribution in [-0.4, -0.2) is 27.7 Å². The molecule has 106 valence electrons. The number of hydrogen-bond acceptors (Lipinski definition) is 6. The van der Waals surface area contributed by atoms with Crippen molar-refractivity contribution in [2.75, 3.05) is 11.9 Å². The highest BCUT2D eigenvalue weighted by atomic mass is 16.6. The van der Waals surface area contributed by atoms with Crippen LogP contribution in [0.3, 0.4) is 0 Å². The highest BCUT2D eigenvalue weighted by molar-refractivity contribution is 5.58. The molecule has 1 aliphatic rings. The molecular formula is C13H16N4O3. The summed E-state index contributed by atoms with van der Waals surface area (Å²) in [7, 11) is 0. The average Bonchev–Trinajstić information content (AvgIpc) is 2.46. The number of pyridine rings is 1. The van der Waals surface area contributed by atoms with Crippen molar-refractivity contribution in [3.63, 3.8) is 0 Å². The molecule has 1 aromatic heterocycles. The van der Waals surface area contributed by atoms with Gasteiger partial charge in [0.15, 0.2) is 0 Å². The lowest BCUT2D eigenvalue weighted by atomic mass is 9.86. The molecule has 2 atom stereocenters. The number of hydrogen-bond donors (Lipinski definition) is 2. The molecule has 0 radical (unpaired) electrons. The Morgan fingerprint density at radius 1 is 1.55 bits per heavy atom. The van der Waals surface area contributed by atoms with Crippen LogP contribution in [0, 0.1) is 27.4 Å². The van der Waals surface area contributed by atoms with Crippen LogP contribution >= 0.6 is 0 Å². The highest BCUT2D eigenvalue weighted by Crippen LogP contribution is 2.27. The van der Waals surface area contributed by atoms with Gasteiger partial charge in [0.25, 0.3) is 0 Å². The minimum atomic E-state index is -0.562. The summed E-state index contributed by atoms with van der Waals surface area (Å²) in [6.45, 7) is 0.445. The zero-order chi connectivity index (χ0) is 14.5. The minimum Gasteiger partial charge on any atom is -0.393 e. The van der Waals surface area contributed by atoms with Crippen LogP contribution in [0.25, 0.3) is 0 Å². The molecule has 2 unspecified atom stereocenters. The SMILES string of the molecule is N#Cc1cnc(NCC2CCCCC2O)c([N+](=O)[O-])c1. The van der Waals surface area contributed by atoms with Gasteiger partial charge in [-0.25, -0.2) is 4.98 Å². The Balaban J connectivity index is 2.09. The molecule has 1 fully saturated rings. The maximum Gasteiger partial charge on any atom is 0.312 e. The highest BCUT2D eigenvalue weighted by Gasteiger charge is 2.24. The number of nitro groups is 1. The summed E-state index contributed by atoms with van der Waals surface area (Å²) >= 11 is 0. The largest absolute Gasteiger partial charge is 0.393 e. The molecule has 1 aliphatic carbocycles. The van der Waals surface area contributed by atoms with Crippen LogP contribution in [0.4, 0.5) is 11.5 Å². The van der Waals surface area contributed by atoms with Gasteiger partial charge in [-0.1, -0.05) is 12.8 Å². The van der Waals surface area contributed by atoms with E-state index in [9.17, 15) is 15.2 Å². The first-order chi connectivity index (χ1) is 9.61. The number of aliphatic hydroxyl groups is 1. The Kier molecular flexibility index (Phi) is 4.48. The van der Waals surface area contributed by atoms with Gasteiger partial charge in [-0.3, -0.25) is 10.1 Å². The number of rotatable bonds is 4. The van der Waals surface area contributed by atoms with Crippen LogP contribution < -0.4 is 5.32 Å². The van der Waals surface area contributed by atoms with E-state index in [1.165, 1.54) is 12.3 Å². The fourth-order valence-corrected chi connectivity index (χ4v) is 2.44. The molecule has 0 aliphatic heterocycles. The van der Waals surface area contributed by atoms with Crippen LogP contribution in [-0.2, 0) is 0 Å². The molecular weight excluding hydrogens is 260 g/mol. The predicted octanol–water partition coefficient (Wildman–Crippen LogP) is 1.82. The third kappa shape index (κ3) is 3.22. The molecule has 0 bridgehead atoms. The van der Waals surface area contributed by atoms with Crippen molar-refractivity contribution in [3.05, 3.63) is 27.9 Å². The van der Waals surface area contributed by atoms with E-state index in [2.05, 4.69) is 10.3 Å². The molecule has 1 aromatic rings. The van der Waals surface area contributed by atoms with E-state index in [0.29, 0.717) is 6.54 Å². The smallest absolute Gasteiger partial charge is 0.312 e. The van der Waals surface area contributed by atoms with Gasteiger partial charge in [0.1, 0.15) is 6.07 Å². The Hall–Kier alpha value is -2.20. The van der Waals surface area contributed by atoms with E-state index < -0.39 is 4.92 Å². The first kappa shape index (κ1) is 14.2. The van der Waals surface area contributed by atoms with Gasteiger partial charge >= 0.3 is 5.69 Å². The Morgan fingerprint density at radius 3 is 2.95 bits per heavy atom. The van der Waals surface area contributed by atoms with Crippen molar-refractivity contribution >= 4 is 11.5 Å². The van der Waals surface area contributed by atoms with E-state index in [1.807, 2.05) is 6.07 Å². The second-order valence-corrected chi connectivity index (χ2v) is 4.95. The second kappa shape index (κ2) is 6.30. The molecule has 1 saturated carbocycles. The summed E-state index contributed by atoms with van der Waals surface area (Å²) in [6, 6.07) is 3.03. The lowest BCUT2D eigenvalue weighted by Crippen LogP contribution is -2.30. The maximum absolute atomic E-state index is 11.0. The van der Waals surface area contributed by atoms with Crippen LogP contribution in [0.1, 0.15) is 31.2 Å². The van der Waals surface area contributed by atoms with Crippen molar-refractivity contribution in [2.24, 2.45) is 5.92 Å². The number of nitrogens with one attached hydrogen (secondary N) is 1. The van der Waals surface area contributed by atoms with Crippen molar-refractivity contribution < 1.29 is 10.0 Å². The first-order valence-electron chi connectivity index (χ1n) is 6.58. The Labute approximate surface area is 116 Å². The van der Waals surface area contributed by atoms with Gasteiger partial charge < -0.3 is 10.4 Å². The van der Waals surface area contributed by atoms with E-state index in [4.69, 9.17) is 5.26 Å². The van der Waals surface area contributed by atoms with Crippen molar-refractivity contribution in [2.45, 2.75) is 31.8 Å². The molecule has 0 aromatic carbocycles.